The molecule has 26 heavy (non-hydrogen) atoms. The van der Waals surface area contributed by atoms with E-state index in [4.69, 9.17) is 0 Å². The molecule has 1 atom stereocenters. The molecule has 1 N–H and O–H groups in total. The average Bonchev–Trinajstić information content (AvgIpc) is 2.65. The predicted molar refractivity (Wildman–Crippen MR) is 108 cm³/mol. The second-order valence-electron chi connectivity index (χ2n) is 5.95. The van der Waals surface area contributed by atoms with Gasteiger partial charge in [0.1, 0.15) is 0 Å². The summed E-state index contributed by atoms with van der Waals surface area (Å²) in [6.07, 6.45) is 1.64. The lowest BCUT2D eigenvalue weighted by atomic mass is 10.1. The quantitative estimate of drug-likeness (QED) is 0.314. The molecule has 0 saturated heterocycles. The highest BCUT2D eigenvalue weighted by molar-refractivity contribution is 8.00. The first-order valence-corrected chi connectivity index (χ1v) is 9.41. The van der Waals surface area contributed by atoms with E-state index in [1.54, 1.807) is 17.6 Å². The smallest absolute Gasteiger partial charge is 0.262 e. The van der Waals surface area contributed by atoms with Crippen molar-refractivity contribution in [1.29, 1.82) is 0 Å². The topological polar surface area (TPSA) is 64.0 Å². The minimum Gasteiger partial charge on any atom is -0.352 e. The van der Waals surface area contributed by atoms with Crippen molar-refractivity contribution in [3.8, 4) is 0 Å². The number of carbonyl (C=O) groups excluding carboxylic acids is 1. The predicted octanol–water partition coefficient (Wildman–Crippen LogP) is 3.35. The van der Waals surface area contributed by atoms with E-state index in [0.29, 0.717) is 29.1 Å². The van der Waals surface area contributed by atoms with Gasteiger partial charge in [-0.05, 0) is 36.8 Å². The molecule has 0 aliphatic heterocycles. The summed E-state index contributed by atoms with van der Waals surface area (Å²) >= 11 is 1.29. The minimum absolute atomic E-state index is 0.0792. The first-order valence-electron chi connectivity index (χ1n) is 8.53. The zero-order chi connectivity index (χ0) is 18.7. The van der Waals surface area contributed by atoms with Gasteiger partial charge in [0.25, 0.3) is 5.56 Å². The Balaban J connectivity index is 2.07. The highest BCUT2D eigenvalue weighted by atomic mass is 32.2. The van der Waals surface area contributed by atoms with Gasteiger partial charge in [-0.25, -0.2) is 4.98 Å². The molecule has 3 rings (SSSR count). The molecule has 1 aromatic heterocycles. The SMILES string of the molecule is C=CCNC(=O)[C@@H](C)Sc1nc2cc3ccccc3cc2c(=O)n1CC. The third kappa shape index (κ3) is 3.51. The van der Waals surface area contributed by atoms with Crippen LogP contribution in [-0.2, 0) is 11.3 Å². The van der Waals surface area contributed by atoms with Crippen LogP contribution in [0.3, 0.4) is 0 Å². The molecule has 0 bridgehead atoms. The molecule has 0 unspecified atom stereocenters. The van der Waals surface area contributed by atoms with Crippen molar-refractivity contribution in [2.75, 3.05) is 6.54 Å². The molecule has 3 aromatic rings. The summed E-state index contributed by atoms with van der Waals surface area (Å²) in [5.41, 5.74) is 0.573. The van der Waals surface area contributed by atoms with Crippen LogP contribution in [-0.4, -0.2) is 27.3 Å². The van der Waals surface area contributed by atoms with E-state index in [0.717, 1.165) is 10.8 Å². The maximum absolute atomic E-state index is 12.9. The normalized spacial score (nSPS) is 12.2. The largest absolute Gasteiger partial charge is 0.352 e. The van der Waals surface area contributed by atoms with Gasteiger partial charge in [-0.3, -0.25) is 14.2 Å². The summed E-state index contributed by atoms with van der Waals surface area (Å²) in [4.78, 5) is 29.8. The molecule has 5 nitrogen and oxygen atoms in total. The lowest BCUT2D eigenvalue weighted by Crippen LogP contribution is -2.32. The zero-order valence-electron chi connectivity index (χ0n) is 14.9. The number of hydrogen-bond donors (Lipinski definition) is 1. The number of nitrogens with zero attached hydrogens (tertiary/aromatic N) is 2. The van der Waals surface area contributed by atoms with E-state index in [1.807, 2.05) is 43.3 Å². The van der Waals surface area contributed by atoms with Crippen molar-refractivity contribution in [2.24, 2.45) is 0 Å². The number of thioether (sulfide) groups is 1. The number of benzene rings is 2. The van der Waals surface area contributed by atoms with E-state index < -0.39 is 0 Å². The second-order valence-corrected chi connectivity index (χ2v) is 7.26. The Morgan fingerprint density at radius 1 is 1.35 bits per heavy atom. The first-order chi connectivity index (χ1) is 12.5. The van der Waals surface area contributed by atoms with Crippen LogP contribution in [0.2, 0.25) is 0 Å². The van der Waals surface area contributed by atoms with Crippen LogP contribution in [0, 0.1) is 0 Å². The first kappa shape index (κ1) is 18.2. The van der Waals surface area contributed by atoms with Gasteiger partial charge >= 0.3 is 0 Å². The molecule has 6 heteroatoms. The second kappa shape index (κ2) is 7.74. The molecule has 1 heterocycles. The van der Waals surface area contributed by atoms with E-state index >= 15 is 0 Å². The lowest BCUT2D eigenvalue weighted by Gasteiger charge is -2.15. The molecule has 0 aliphatic rings. The Hall–Kier alpha value is -2.60. The molecular weight excluding hydrogens is 346 g/mol. The summed E-state index contributed by atoms with van der Waals surface area (Å²) in [5, 5.41) is 5.61. The fourth-order valence-corrected chi connectivity index (χ4v) is 3.78. The van der Waals surface area contributed by atoms with Crippen LogP contribution >= 0.6 is 11.8 Å². The number of carbonyl (C=O) groups is 1. The number of nitrogens with one attached hydrogen (secondary N) is 1. The number of aromatic nitrogens is 2. The van der Waals surface area contributed by atoms with Crippen LogP contribution < -0.4 is 10.9 Å². The van der Waals surface area contributed by atoms with E-state index in [-0.39, 0.29) is 16.7 Å². The van der Waals surface area contributed by atoms with Crippen molar-refractivity contribution >= 4 is 39.3 Å². The van der Waals surface area contributed by atoms with Crippen molar-refractivity contribution in [3.63, 3.8) is 0 Å². The summed E-state index contributed by atoms with van der Waals surface area (Å²) in [6, 6.07) is 11.7. The van der Waals surface area contributed by atoms with Gasteiger partial charge in [0.15, 0.2) is 5.16 Å². The summed E-state index contributed by atoms with van der Waals surface area (Å²) < 4.78 is 1.62. The third-order valence-electron chi connectivity index (χ3n) is 4.17. The van der Waals surface area contributed by atoms with E-state index in [2.05, 4.69) is 16.9 Å². The molecule has 134 valence electrons. The molecule has 0 fully saturated rings. The summed E-state index contributed by atoms with van der Waals surface area (Å²) in [6.45, 7) is 8.22. The van der Waals surface area contributed by atoms with Gasteiger partial charge in [0, 0.05) is 13.1 Å². The Labute approximate surface area is 156 Å². The minimum atomic E-state index is -0.363. The standard InChI is InChI=1S/C20H21N3O2S/c1-4-10-21-18(24)13(3)26-20-22-17-12-15-9-7-6-8-14(15)11-16(17)19(25)23(20)5-2/h4,6-9,11-13H,1,5,10H2,2-3H3,(H,21,24)/t13-/m1/s1. The summed E-state index contributed by atoms with van der Waals surface area (Å²) in [7, 11) is 0. The monoisotopic (exact) mass is 367 g/mol. The van der Waals surface area contributed by atoms with Crippen LogP contribution in [0.15, 0.2) is 59.0 Å². The Bertz CT molecular complexity index is 1040. The molecule has 0 spiro atoms. The van der Waals surface area contributed by atoms with Crippen LogP contribution in [0.25, 0.3) is 21.7 Å². The highest BCUT2D eigenvalue weighted by Gasteiger charge is 2.18. The van der Waals surface area contributed by atoms with Crippen molar-refractivity contribution in [1.82, 2.24) is 14.9 Å². The lowest BCUT2D eigenvalue weighted by molar-refractivity contribution is -0.120. The fourth-order valence-electron chi connectivity index (χ4n) is 2.78. The van der Waals surface area contributed by atoms with Crippen LogP contribution in [0.1, 0.15) is 13.8 Å². The molecule has 2 aromatic carbocycles. The van der Waals surface area contributed by atoms with Gasteiger partial charge in [0.2, 0.25) is 5.91 Å². The van der Waals surface area contributed by atoms with Crippen molar-refractivity contribution in [3.05, 3.63) is 59.4 Å². The highest BCUT2D eigenvalue weighted by Crippen LogP contribution is 2.25. The number of hydrogen-bond acceptors (Lipinski definition) is 4. The molecule has 1 amide bonds. The maximum atomic E-state index is 12.9. The van der Waals surface area contributed by atoms with Crippen molar-refractivity contribution < 1.29 is 4.79 Å². The van der Waals surface area contributed by atoms with Gasteiger partial charge in [-0.2, -0.15) is 0 Å². The number of rotatable bonds is 6. The summed E-state index contributed by atoms with van der Waals surface area (Å²) in [5.74, 6) is -0.106. The van der Waals surface area contributed by atoms with Crippen LogP contribution in [0.4, 0.5) is 0 Å². The van der Waals surface area contributed by atoms with Gasteiger partial charge in [-0.15, -0.1) is 6.58 Å². The Morgan fingerprint density at radius 2 is 2.04 bits per heavy atom. The van der Waals surface area contributed by atoms with Crippen LogP contribution in [0.5, 0.6) is 0 Å². The Morgan fingerprint density at radius 3 is 2.69 bits per heavy atom. The van der Waals surface area contributed by atoms with E-state index in [9.17, 15) is 9.59 Å². The molecular formula is C20H21N3O2S. The van der Waals surface area contributed by atoms with Gasteiger partial charge in [0.05, 0.1) is 16.2 Å². The zero-order valence-corrected chi connectivity index (χ0v) is 15.7. The third-order valence-corrected chi connectivity index (χ3v) is 5.26. The molecule has 0 radical (unpaired) electrons. The fraction of sp³-hybridized carbons (Fsp3) is 0.250. The molecule has 0 saturated carbocycles. The van der Waals surface area contributed by atoms with Gasteiger partial charge < -0.3 is 5.32 Å². The number of fused-ring (bicyclic) bond motifs is 2. The maximum Gasteiger partial charge on any atom is 0.262 e. The van der Waals surface area contributed by atoms with Gasteiger partial charge in [-0.1, -0.05) is 42.1 Å². The Kier molecular flexibility index (Phi) is 5.42. The molecule has 0 aliphatic carbocycles. The van der Waals surface area contributed by atoms with E-state index in [1.165, 1.54) is 11.8 Å². The van der Waals surface area contributed by atoms with Crippen molar-refractivity contribution in [2.45, 2.75) is 30.8 Å². The number of amides is 1. The average molecular weight is 367 g/mol.